The lowest BCUT2D eigenvalue weighted by Crippen LogP contribution is -2.26. The summed E-state index contributed by atoms with van der Waals surface area (Å²) in [5, 5.41) is 8.19. The first kappa shape index (κ1) is 18.7. The molecular formula is C12H11F3N2O5S. The number of hydrogen-bond donors (Lipinski definition) is 1. The lowest BCUT2D eigenvalue weighted by molar-refractivity contribution is -0.274. The van der Waals surface area contributed by atoms with Crippen molar-refractivity contribution >= 4 is 16.0 Å². The number of carbonyl (C=O) groups is 1. The Labute approximate surface area is 129 Å². The van der Waals surface area contributed by atoms with E-state index in [-0.39, 0.29) is 17.9 Å². The van der Waals surface area contributed by atoms with Gasteiger partial charge in [-0.05, 0) is 24.3 Å². The summed E-state index contributed by atoms with van der Waals surface area (Å²) >= 11 is 0. The number of sulfonamides is 1. The molecule has 0 amide bonds. The number of halogens is 3. The number of hydrogen-bond acceptors (Lipinski definition) is 6. The van der Waals surface area contributed by atoms with Crippen LogP contribution in [0.3, 0.4) is 0 Å². The molecule has 0 atom stereocenters. The van der Waals surface area contributed by atoms with Gasteiger partial charge >= 0.3 is 12.3 Å². The molecule has 1 aromatic rings. The van der Waals surface area contributed by atoms with E-state index in [0.717, 1.165) is 24.3 Å². The Hall–Kier alpha value is -2.32. The van der Waals surface area contributed by atoms with Gasteiger partial charge in [0.1, 0.15) is 11.8 Å². The predicted molar refractivity (Wildman–Crippen MR) is 69.5 cm³/mol. The first-order valence-corrected chi connectivity index (χ1v) is 7.50. The summed E-state index contributed by atoms with van der Waals surface area (Å²) < 4.78 is 69.8. The minimum Gasteiger partial charge on any atom is -0.450 e. The van der Waals surface area contributed by atoms with Gasteiger partial charge < -0.3 is 9.47 Å². The van der Waals surface area contributed by atoms with Crippen LogP contribution in [0.2, 0.25) is 0 Å². The molecule has 11 heteroatoms. The molecular weight excluding hydrogens is 341 g/mol. The average Bonchev–Trinajstić information content (AvgIpc) is 2.43. The molecule has 126 valence electrons. The van der Waals surface area contributed by atoms with Crippen LogP contribution >= 0.6 is 0 Å². The molecule has 0 aliphatic heterocycles. The highest BCUT2D eigenvalue weighted by Crippen LogP contribution is 2.23. The van der Waals surface area contributed by atoms with E-state index in [1.165, 1.54) is 0 Å². The molecule has 0 aliphatic carbocycles. The second kappa shape index (κ2) is 7.80. The molecule has 23 heavy (non-hydrogen) atoms. The standard InChI is InChI=1S/C12H11F3N2O5S/c13-12(14,15)22-9-1-3-10(4-2-9)23(19,20)17-7-5-11(18)21-8-6-16/h1-4,17H,5,7-8H2. The predicted octanol–water partition coefficient (Wildman–Crippen LogP) is 1.32. The Kier molecular flexibility index (Phi) is 6.35. The van der Waals surface area contributed by atoms with Crippen molar-refractivity contribution < 1.29 is 35.9 Å². The zero-order valence-electron chi connectivity index (χ0n) is 11.5. The maximum absolute atomic E-state index is 12.0. The smallest absolute Gasteiger partial charge is 0.450 e. The fourth-order valence-electron chi connectivity index (χ4n) is 1.38. The van der Waals surface area contributed by atoms with Crippen molar-refractivity contribution in [3.8, 4) is 11.8 Å². The normalized spacial score (nSPS) is 11.6. The fourth-order valence-corrected chi connectivity index (χ4v) is 2.41. The molecule has 1 N–H and O–H groups in total. The molecule has 0 fully saturated rings. The van der Waals surface area contributed by atoms with Crippen LogP contribution in [-0.4, -0.2) is 33.9 Å². The number of nitrogens with one attached hydrogen (secondary N) is 1. The molecule has 0 saturated heterocycles. The summed E-state index contributed by atoms with van der Waals surface area (Å²) in [6.45, 7) is -0.723. The third-order valence-corrected chi connectivity index (χ3v) is 3.76. The van der Waals surface area contributed by atoms with E-state index in [1.807, 2.05) is 0 Å². The summed E-state index contributed by atoms with van der Waals surface area (Å²) in [6.07, 6.45) is -5.17. The van der Waals surface area contributed by atoms with E-state index < -0.39 is 34.7 Å². The Morgan fingerprint density at radius 3 is 2.39 bits per heavy atom. The summed E-state index contributed by atoms with van der Waals surface area (Å²) in [5.74, 6) is -1.32. The first-order chi connectivity index (χ1) is 10.6. The van der Waals surface area contributed by atoms with Crippen molar-refractivity contribution in [2.24, 2.45) is 0 Å². The fraction of sp³-hybridized carbons (Fsp3) is 0.333. The minimum absolute atomic E-state index is 0.284. The third kappa shape index (κ3) is 6.98. The first-order valence-electron chi connectivity index (χ1n) is 6.02. The van der Waals surface area contributed by atoms with E-state index >= 15 is 0 Å². The second-order valence-corrected chi connectivity index (χ2v) is 5.75. The lowest BCUT2D eigenvalue weighted by Gasteiger charge is -2.10. The zero-order valence-corrected chi connectivity index (χ0v) is 12.3. The number of carbonyl (C=O) groups excluding carboxylic acids is 1. The van der Waals surface area contributed by atoms with Crippen molar-refractivity contribution in [2.75, 3.05) is 13.2 Å². The highest BCUT2D eigenvalue weighted by atomic mass is 32.2. The Bertz CT molecular complexity index is 680. The van der Waals surface area contributed by atoms with Gasteiger partial charge in [0.15, 0.2) is 6.61 Å². The van der Waals surface area contributed by atoms with Gasteiger partial charge in [0.25, 0.3) is 0 Å². The lowest BCUT2D eigenvalue weighted by atomic mass is 10.3. The largest absolute Gasteiger partial charge is 0.573 e. The molecule has 0 aromatic heterocycles. The van der Waals surface area contributed by atoms with Crippen LogP contribution in [0.25, 0.3) is 0 Å². The highest BCUT2D eigenvalue weighted by molar-refractivity contribution is 7.89. The van der Waals surface area contributed by atoms with E-state index in [1.54, 1.807) is 6.07 Å². The van der Waals surface area contributed by atoms with Crippen LogP contribution in [0.5, 0.6) is 5.75 Å². The van der Waals surface area contributed by atoms with Crippen LogP contribution in [0, 0.1) is 11.3 Å². The average molecular weight is 352 g/mol. The number of benzene rings is 1. The van der Waals surface area contributed by atoms with Gasteiger partial charge in [-0.25, -0.2) is 13.1 Å². The molecule has 0 bridgehead atoms. The van der Waals surface area contributed by atoms with Gasteiger partial charge in [-0.2, -0.15) is 5.26 Å². The Morgan fingerprint density at radius 2 is 1.87 bits per heavy atom. The van der Waals surface area contributed by atoms with Crippen LogP contribution in [0.1, 0.15) is 6.42 Å². The molecule has 0 unspecified atom stereocenters. The van der Waals surface area contributed by atoms with Crippen molar-refractivity contribution in [3.63, 3.8) is 0 Å². The van der Waals surface area contributed by atoms with Crippen molar-refractivity contribution in [1.82, 2.24) is 4.72 Å². The number of rotatable bonds is 7. The number of nitrogens with zero attached hydrogens (tertiary/aromatic N) is 1. The van der Waals surface area contributed by atoms with E-state index in [0.29, 0.717) is 0 Å². The topological polar surface area (TPSA) is 105 Å². The maximum Gasteiger partial charge on any atom is 0.573 e. The number of esters is 1. The van der Waals surface area contributed by atoms with Gasteiger partial charge in [0, 0.05) is 6.54 Å². The minimum atomic E-state index is -4.87. The summed E-state index contributed by atoms with van der Waals surface area (Å²) in [7, 11) is -4.00. The number of ether oxygens (including phenoxy) is 2. The molecule has 0 spiro atoms. The van der Waals surface area contributed by atoms with Crippen molar-refractivity contribution in [3.05, 3.63) is 24.3 Å². The quantitative estimate of drug-likeness (QED) is 0.742. The number of alkyl halides is 3. The summed E-state index contributed by atoms with van der Waals surface area (Å²) in [6, 6.07) is 5.14. The van der Waals surface area contributed by atoms with Crippen LogP contribution < -0.4 is 9.46 Å². The van der Waals surface area contributed by atoms with Gasteiger partial charge in [-0.1, -0.05) is 0 Å². The number of nitriles is 1. The van der Waals surface area contributed by atoms with Crippen LogP contribution in [-0.2, 0) is 19.6 Å². The van der Waals surface area contributed by atoms with Crippen molar-refractivity contribution in [2.45, 2.75) is 17.7 Å². The van der Waals surface area contributed by atoms with Crippen LogP contribution in [0.15, 0.2) is 29.2 Å². The molecule has 0 radical (unpaired) electrons. The molecule has 0 aliphatic rings. The zero-order chi connectivity index (χ0) is 17.5. The maximum atomic E-state index is 12.0. The van der Waals surface area contributed by atoms with Gasteiger partial charge in [0.2, 0.25) is 10.0 Å². The Balaban J connectivity index is 2.60. The molecule has 7 nitrogen and oxygen atoms in total. The third-order valence-electron chi connectivity index (χ3n) is 2.29. The van der Waals surface area contributed by atoms with E-state index in [4.69, 9.17) is 5.26 Å². The van der Waals surface area contributed by atoms with Crippen LogP contribution in [0.4, 0.5) is 13.2 Å². The molecule has 1 rings (SSSR count). The van der Waals surface area contributed by atoms with E-state index in [9.17, 15) is 26.4 Å². The second-order valence-electron chi connectivity index (χ2n) is 3.99. The summed E-state index contributed by atoms with van der Waals surface area (Å²) in [4.78, 5) is 10.8. The van der Waals surface area contributed by atoms with Gasteiger partial charge in [-0.15, -0.1) is 13.2 Å². The van der Waals surface area contributed by atoms with Crippen molar-refractivity contribution in [1.29, 1.82) is 5.26 Å². The summed E-state index contributed by atoms with van der Waals surface area (Å²) in [5.41, 5.74) is 0. The van der Waals surface area contributed by atoms with E-state index in [2.05, 4.69) is 14.2 Å². The SMILES string of the molecule is N#CCOC(=O)CCNS(=O)(=O)c1ccc(OC(F)(F)F)cc1. The molecule has 0 heterocycles. The molecule has 1 aromatic carbocycles. The molecule has 0 saturated carbocycles. The monoisotopic (exact) mass is 352 g/mol. The van der Waals surface area contributed by atoms with Gasteiger partial charge in [0.05, 0.1) is 11.3 Å². The van der Waals surface area contributed by atoms with Gasteiger partial charge in [-0.3, -0.25) is 4.79 Å². The Morgan fingerprint density at radius 1 is 1.26 bits per heavy atom. The highest BCUT2D eigenvalue weighted by Gasteiger charge is 2.31.